The predicted octanol–water partition coefficient (Wildman–Crippen LogP) is 3.45. The van der Waals surface area contributed by atoms with E-state index in [2.05, 4.69) is 0 Å². The van der Waals surface area contributed by atoms with E-state index in [1.807, 2.05) is 89.7 Å². The summed E-state index contributed by atoms with van der Waals surface area (Å²) in [5, 5.41) is 0.876. The Balaban J connectivity index is 1.46. The van der Waals surface area contributed by atoms with E-state index in [1.165, 1.54) is 0 Å². The molecule has 2 aliphatic heterocycles. The van der Waals surface area contributed by atoms with Crippen molar-refractivity contribution in [1.29, 1.82) is 0 Å². The number of hydrogen-bond donors (Lipinski definition) is 1. The van der Waals surface area contributed by atoms with Gasteiger partial charge in [0.25, 0.3) is 11.8 Å². The number of piperazine rings is 1. The van der Waals surface area contributed by atoms with Crippen LogP contribution in [0.25, 0.3) is 10.9 Å². The normalized spacial score (nSPS) is 20.7. The highest BCUT2D eigenvalue weighted by Gasteiger charge is 2.50. The molecule has 7 nitrogen and oxygen atoms in total. The van der Waals surface area contributed by atoms with Gasteiger partial charge in [0.15, 0.2) is 0 Å². The van der Waals surface area contributed by atoms with Gasteiger partial charge in [0.05, 0.1) is 12.1 Å². The summed E-state index contributed by atoms with van der Waals surface area (Å²) in [5.41, 5.74) is 7.10. The summed E-state index contributed by atoms with van der Waals surface area (Å²) in [5.74, 6) is -0.573. The Kier molecular flexibility index (Phi) is 5.23. The lowest BCUT2D eigenvalue weighted by atomic mass is 9.85. The second-order valence-electron chi connectivity index (χ2n) is 10.4. The van der Waals surface area contributed by atoms with Crippen LogP contribution in [0.5, 0.6) is 0 Å². The Labute approximate surface area is 199 Å². The fourth-order valence-electron chi connectivity index (χ4n) is 5.60. The third kappa shape index (κ3) is 3.56. The lowest BCUT2D eigenvalue weighted by molar-refractivity contribution is -0.140. The second-order valence-corrected chi connectivity index (χ2v) is 10.4. The summed E-state index contributed by atoms with van der Waals surface area (Å²) in [6.45, 7) is 7.05. The molecule has 0 spiro atoms. The zero-order valence-corrected chi connectivity index (χ0v) is 19.8. The maximum atomic E-state index is 14.1. The number of carbonyl (C=O) groups excluding carboxylic acids is 3. The molecule has 2 bridgehead atoms. The van der Waals surface area contributed by atoms with E-state index in [-0.39, 0.29) is 23.9 Å². The van der Waals surface area contributed by atoms with Crippen molar-refractivity contribution in [3.8, 4) is 0 Å². The summed E-state index contributed by atoms with van der Waals surface area (Å²) in [6, 6.07) is 18.1. The molecule has 0 unspecified atom stereocenters. The quantitative estimate of drug-likeness (QED) is 0.649. The van der Waals surface area contributed by atoms with Crippen LogP contribution in [-0.2, 0) is 4.79 Å². The first-order valence-corrected chi connectivity index (χ1v) is 11.7. The highest BCUT2D eigenvalue weighted by molar-refractivity contribution is 5.99. The Morgan fingerprint density at radius 2 is 1.53 bits per heavy atom. The first kappa shape index (κ1) is 22.2. The van der Waals surface area contributed by atoms with Crippen molar-refractivity contribution in [3.05, 3.63) is 71.9 Å². The number of nitrogens with two attached hydrogens (primary N) is 1. The monoisotopic (exact) mass is 458 g/mol. The van der Waals surface area contributed by atoms with E-state index in [0.29, 0.717) is 24.3 Å². The van der Waals surface area contributed by atoms with Crippen LogP contribution in [0.3, 0.4) is 0 Å². The van der Waals surface area contributed by atoms with Crippen molar-refractivity contribution in [2.75, 3.05) is 13.1 Å². The van der Waals surface area contributed by atoms with Gasteiger partial charge in [0.1, 0.15) is 11.7 Å². The highest BCUT2D eigenvalue weighted by Crippen LogP contribution is 2.40. The average molecular weight is 459 g/mol. The van der Waals surface area contributed by atoms with Crippen molar-refractivity contribution in [2.24, 2.45) is 11.1 Å². The third-order valence-electron chi connectivity index (χ3n) is 7.12. The van der Waals surface area contributed by atoms with Gasteiger partial charge in [-0.25, -0.2) is 0 Å². The van der Waals surface area contributed by atoms with Gasteiger partial charge in [0, 0.05) is 29.6 Å². The zero-order valence-electron chi connectivity index (χ0n) is 19.8. The van der Waals surface area contributed by atoms with Gasteiger partial charge in [-0.15, -0.1) is 0 Å². The van der Waals surface area contributed by atoms with Gasteiger partial charge in [-0.3, -0.25) is 14.4 Å². The van der Waals surface area contributed by atoms with E-state index in [0.717, 1.165) is 17.3 Å². The summed E-state index contributed by atoms with van der Waals surface area (Å²) >= 11 is 0. The van der Waals surface area contributed by atoms with Gasteiger partial charge in [0.2, 0.25) is 5.91 Å². The number of benzene rings is 2. The van der Waals surface area contributed by atoms with Crippen molar-refractivity contribution < 1.29 is 14.4 Å². The molecule has 0 saturated carbocycles. The summed E-state index contributed by atoms with van der Waals surface area (Å²) in [6.07, 6.45) is 0.774. The molecule has 3 aromatic rings. The molecule has 1 aromatic heterocycles. The van der Waals surface area contributed by atoms with Crippen molar-refractivity contribution in [3.63, 3.8) is 0 Å². The molecule has 3 atom stereocenters. The largest absolute Gasteiger partial charge is 0.364 e. The molecule has 176 valence electrons. The number of para-hydroxylation sites is 1. The number of hydrogen-bond acceptors (Lipinski definition) is 3. The molecule has 3 amide bonds. The Hall–Kier alpha value is -3.61. The van der Waals surface area contributed by atoms with Crippen LogP contribution in [0.1, 0.15) is 54.1 Å². The number of fused-ring (bicyclic) bond motifs is 3. The van der Waals surface area contributed by atoms with Crippen LogP contribution in [0, 0.1) is 5.41 Å². The minimum atomic E-state index is -0.604. The lowest BCUT2D eigenvalue weighted by Crippen LogP contribution is -2.53. The molecule has 5 rings (SSSR count). The van der Waals surface area contributed by atoms with Gasteiger partial charge in [-0.05, 0) is 36.1 Å². The maximum absolute atomic E-state index is 14.1. The fraction of sp³-hybridized carbons (Fsp3) is 0.370. The SMILES string of the molecule is CC(C)(C)[C@@H](C(=O)N1C[C@@H]2C[C@H]1CN2C(=O)c1ccccc1)n1c(C(N)=O)cc2ccccc21. The van der Waals surface area contributed by atoms with Crippen LogP contribution >= 0.6 is 0 Å². The second kappa shape index (κ2) is 8.01. The lowest BCUT2D eigenvalue weighted by Gasteiger charge is -2.40. The number of likely N-dealkylation sites (tertiary alicyclic amines) is 2. The molecule has 34 heavy (non-hydrogen) atoms. The van der Waals surface area contributed by atoms with Gasteiger partial charge in [-0.2, -0.15) is 0 Å². The highest BCUT2D eigenvalue weighted by atomic mass is 16.2. The molecule has 2 N–H and O–H groups in total. The Bertz CT molecular complexity index is 1270. The standard InChI is InChI=1S/C27H30N4O3/c1-27(2,3)23(31-21-12-8-7-11-18(21)13-22(31)24(28)32)26(34)30-16-19-14-20(30)15-29(19)25(33)17-9-5-4-6-10-17/h4-13,19-20,23H,14-16H2,1-3H3,(H2,28,32)/t19-,20-,23+/m0/s1. The molecule has 2 aromatic carbocycles. The zero-order chi connectivity index (χ0) is 24.2. The van der Waals surface area contributed by atoms with Crippen molar-refractivity contribution >= 4 is 28.6 Å². The summed E-state index contributed by atoms with van der Waals surface area (Å²) in [4.78, 5) is 43.3. The smallest absolute Gasteiger partial charge is 0.265 e. The molecular formula is C27H30N4O3. The molecule has 2 aliphatic rings. The number of amides is 3. The average Bonchev–Trinajstić information content (AvgIpc) is 3.51. The van der Waals surface area contributed by atoms with Crippen LogP contribution < -0.4 is 5.73 Å². The molecule has 0 aliphatic carbocycles. The molecule has 0 radical (unpaired) electrons. The van der Waals surface area contributed by atoms with Crippen LogP contribution in [0.2, 0.25) is 0 Å². The van der Waals surface area contributed by atoms with Crippen molar-refractivity contribution in [2.45, 2.75) is 45.3 Å². The third-order valence-corrected chi connectivity index (χ3v) is 7.12. The molecule has 3 heterocycles. The van der Waals surface area contributed by atoms with Gasteiger partial charge < -0.3 is 20.1 Å². The summed E-state index contributed by atoms with van der Waals surface area (Å²) < 4.78 is 1.82. The van der Waals surface area contributed by atoms with E-state index >= 15 is 0 Å². The van der Waals surface area contributed by atoms with E-state index in [1.54, 1.807) is 6.07 Å². The first-order chi connectivity index (χ1) is 16.2. The number of nitrogens with zero attached hydrogens (tertiary/aromatic N) is 3. The Morgan fingerprint density at radius 3 is 2.15 bits per heavy atom. The van der Waals surface area contributed by atoms with Crippen molar-refractivity contribution in [1.82, 2.24) is 14.4 Å². The molecule has 2 fully saturated rings. The van der Waals surface area contributed by atoms with Crippen LogP contribution in [0.15, 0.2) is 60.7 Å². The topological polar surface area (TPSA) is 88.6 Å². The van der Waals surface area contributed by atoms with E-state index < -0.39 is 17.4 Å². The number of aromatic nitrogens is 1. The number of primary amides is 1. The van der Waals surface area contributed by atoms with Crippen LogP contribution in [0.4, 0.5) is 0 Å². The minimum absolute atomic E-state index is 0.000656. The molecular weight excluding hydrogens is 428 g/mol. The number of rotatable bonds is 4. The fourth-order valence-corrected chi connectivity index (χ4v) is 5.60. The predicted molar refractivity (Wildman–Crippen MR) is 130 cm³/mol. The van der Waals surface area contributed by atoms with E-state index in [9.17, 15) is 14.4 Å². The minimum Gasteiger partial charge on any atom is -0.364 e. The molecule has 2 saturated heterocycles. The first-order valence-electron chi connectivity index (χ1n) is 11.7. The van der Waals surface area contributed by atoms with Gasteiger partial charge >= 0.3 is 0 Å². The van der Waals surface area contributed by atoms with Gasteiger partial charge in [-0.1, -0.05) is 57.2 Å². The Morgan fingerprint density at radius 1 is 0.912 bits per heavy atom. The van der Waals surface area contributed by atoms with Crippen LogP contribution in [-0.4, -0.2) is 57.3 Å². The van der Waals surface area contributed by atoms with E-state index in [4.69, 9.17) is 5.73 Å². The number of carbonyl (C=O) groups is 3. The molecule has 7 heteroatoms. The maximum Gasteiger partial charge on any atom is 0.265 e. The summed E-state index contributed by atoms with van der Waals surface area (Å²) in [7, 11) is 0.